The Morgan fingerprint density at radius 1 is 1.29 bits per heavy atom. The molecule has 1 aromatic rings. The van der Waals surface area contributed by atoms with Gasteiger partial charge in [-0.1, -0.05) is 6.92 Å². The van der Waals surface area contributed by atoms with Crippen LogP contribution in [0.1, 0.15) is 48.0 Å². The summed E-state index contributed by atoms with van der Waals surface area (Å²) in [7, 11) is 0. The Hall–Kier alpha value is -1.40. The number of thiophene rings is 1. The quantitative estimate of drug-likeness (QED) is 0.760. The maximum Gasteiger partial charge on any atom is 0.341 e. The molecule has 1 aromatic heterocycles. The van der Waals surface area contributed by atoms with Gasteiger partial charge in [0.25, 0.3) is 0 Å². The lowest BCUT2D eigenvalue weighted by molar-refractivity contribution is -0.116. The molecule has 0 fully saturated rings. The molecule has 5 nitrogen and oxygen atoms in total. The smallest absolute Gasteiger partial charge is 0.341 e. The lowest BCUT2D eigenvalue weighted by atomic mass is 10.1. The van der Waals surface area contributed by atoms with Crippen LogP contribution in [-0.2, 0) is 9.53 Å². The number of ether oxygens (including phenoxy) is 1. The molecule has 1 unspecified atom stereocenters. The molecule has 1 atom stereocenters. The van der Waals surface area contributed by atoms with Gasteiger partial charge in [-0.2, -0.15) is 0 Å². The average molecular weight is 312 g/mol. The van der Waals surface area contributed by atoms with Crippen LogP contribution in [0.5, 0.6) is 0 Å². The molecule has 0 spiro atoms. The minimum Gasteiger partial charge on any atom is -0.462 e. The number of carbonyl (C=O) groups is 2. The molecule has 0 aliphatic rings. The van der Waals surface area contributed by atoms with Crippen LogP contribution in [0.3, 0.4) is 0 Å². The van der Waals surface area contributed by atoms with Gasteiger partial charge in [-0.3, -0.25) is 4.79 Å². The molecular formula is C15H24N2O3S. The van der Waals surface area contributed by atoms with Crippen LogP contribution < -0.4 is 10.6 Å². The molecule has 21 heavy (non-hydrogen) atoms. The van der Waals surface area contributed by atoms with Crippen molar-refractivity contribution in [2.45, 2.75) is 47.1 Å². The number of hydrogen-bond acceptors (Lipinski definition) is 5. The maximum absolute atomic E-state index is 12.1. The van der Waals surface area contributed by atoms with Gasteiger partial charge >= 0.3 is 5.97 Å². The minimum absolute atomic E-state index is 0.100. The van der Waals surface area contributed by atoms with Crippen molar-refractivity contribution >= 4 is 28.2 Å². The number of amides is 1. The van der Waals surface area contributed by atoms with Crippen molar-refractivity contribution in [2.75, 3.05) is 18.5 Å². The van der Waals surface area contributed by atoms with Crippen LogP contribution >= 0.6 is 11.3 Å². The highest BCUT2D eigenvalue weighted by atomic mass is 32.1. The molecule has 0 saturated heterocycles. The van der Waals surface area contributed by atoms with E-state index >= 15 is 0 Å². The Bertz CT molecular complexity index is 511. The molecule has 1 amide bonds. The summed E-state index contributed by atoms with van der Waals surface area (Å²) in [5, 5.41) is 6.61. The largest absolute Gasteiger partial charge is 0.462 e. The van der Waals surface area contributed by atoms with Crippen LogP contribution in [0.25, 0.3) is 0 Å². The van der Waals surface area contributed by atoms with Gasteiger partial charge in [0.05, 0.1) is 12.2 Å². The van der Waals surface area contributed by atoms with E-state index in [1.807, 2.05) is 27.7 Å². The van der Waals surface area contributed by atoms with Crippen LogP contribution in [0.2, 0.25) is 0 Å². The third kappa shape index (κ3) is 4.82. The molecule has 1 rings (SSSR count). The number of hydrogen-bond donors (Lipinski definition) is 2. The average Bonchev–Trinajstić information content (AvgIpc) is 2.64. The van der Waals surface area contributed by atoms with Gasteiger partial charge in [0, 0.05) is 17.3 Å². The zero-order chi connectivity index (χ0) is 16.0. The Morgan fingerprint density at radius 3 is 2.52 bits per heavy atom. The fraction of sp³-hybridized carbons (Fsp3) is 0.600. The highest BCUT2D eigenvalue weighted by Crippen LogP contribution is 2.33. The third-order valence-corrected chi connectivity index (χ3v) is 4.28. The topological polar surface area (TPSA) is 67.4 Å². The van der Waals surface area contributed by atoms with E-state index in [1.165, 1.54) is 11.3 Å². The lowest BCUT2D eigenvalue weighted by Crippen LogP contribution is -2.30. The Morgan fingerprint density at radius 2 is 1.95 bits per heavy atom. The lowest BCUT2D eigenvalue weighted by Gasteiger charge is -2.12. The standard InChI is InChI=1S/C15H24N2O3S/c1-6-16-9(3)8-12(18)17-14-13(15(19)20-7-2)10(4)11(5)21-14/h9,16H,6-8H2,1-5H3,(H,17,18). The van der Waals surface area contributed by atoms with Gasteiger partial charge < -0.3 is 15.4 Å². The van der Waals surface area contributed by atoms with Gasteiger partial charge in [-0.15, -0.1) is 11.3 Å². The predicted molar refractivity (Wildman–Crippen MR) is 86.1 cm³/mol. The number of rotatable bonds is 7. The van der Waals surface area contributed by atoms with E-state index in [1.54, 1.807) is 6.92 Å². The van der Waals surface area contributed by atoms with Crippen molar-refractivity contribution < 1.29 is 14.3 Å². The first-order valence-electron chi connectivity index (χ1n) is 7.20. The molecule has 118 valence electrons. The monoisotopic (exact) mass is 312 g/mol. The minimum atomic E-state index is -0.380. The molecule has 0 saturated carbocycles. The van der Waals surface area contributed by atoms with Gasteiger partial charge in [-0.25, -0.2) is 4.79 Å². The SMILES string of the molecule is CCNC(C)CC(=O)Nc1sc(C)c(C)c1C(=O)OCC. The van der Waals surface area contributed by atoms with Gasteiger partial charge in [0.1, 0.15) is 5.00 Å². The van der Waals surface area contributed by atoms with Crippen molar-refractivity contribution in [2.24, 2.45) is 0 Å². The Labute approximate surface area is 130 Å². The first kappa shape index (κ1) is 17.7. The highest BCUT2D eigenvalue weighted by Gasteiger charge is 2.22. The number of esters is 1. The van der Waals surface area contributed by atoms with Crippen molar-refractivity contribution in [3.05, 3.63) is 16.0 Å². The van der Waals surface area contributed by atoms with Crippen molar-refractivity contribution in [1.29, 1.82) is 0 Å². The molecule has 2 N–H and O–H groups in total. The van der Waals surface area contributed by atoms with E-state index in [9.17, 15) is 9.59 Å². The molecular weight excluding hydrogens is 288 g/mol. The van der Waals surface area contributed by atoms with Crippen LogP contribution in [0, 0.1) is 13.8 Å². The molecule has 6 heteroatoms. The van der Waals surface area contributed by atoms with E-state index in [0.717, 1.165) is 17.0 Å². The Balaban J connectivity index is 2.85. The normalized spacial score (nSPS) is 12.0. The second-order valence-electron chi connectivity index (χ2n) is 4.92. The van der Waals surface area contributed by atoms with E-state index < -0.39 is 0 Å². The Kier molecular flexibility index (Phi) is 6.84. The van der Waals surface area contributed by atoms with Crippen molar-refractivity contribution in [3.8, 4) is 0 Å². The molecule has 0 aliphatic carbocycles. The molecule has 0 radical (unpaired) electrons. The third-order valence-electron chi connectivity index (χ3n) is 3.16. The highest BCUT2D eigenvalue weighted by molar-refractivity contribution is 7.16. The summed E-state index contributed by atoms with van der Waals surface area (Å²) in [6.45, 7) is 10.7. The summed E-state index contributed by atoms with van der Waals surface area (Å²) in [4.78, 5) is 25.1. The van der Waals surface area contributed by atoms with Crippen LogP contribution in [-0.4, -0.2) is 31.1 Å². The predicted octanol–water partition coefficient (Wildman–Crippen LogP) is 2.87. The van der Waals surface area contributed by atoms with Gasteiger partial charge in [0.2, 0.25) is 5.91 Å². The number of anilines is 1. The van der Waals surface area contributed by atoms with E-state index in [4.69, 9.17) is 4.74 Å². The summed E-state index contributed by atoms with van der Waals surface area (Å²) in [5.74, 6) is -0.482. The van der Waals surface area contributed by atoms with E-state index in [-0.39, 0.29) is 17.9 Å². The first-order valence-corrected chi connectivity index (χ1v) is 8.02. The summed E-state index contributed by atoms with van der Waals surface area (Å²) >= 11 is 1.41. The zero-order valence-electron chi connectivity index (χ0n) is 13.3. The molecule has 0 aliphatic heterocycles. The summed E-state index contributed by atoms with van der Waals surface area (Å²) in [6, 6.07) is 0.100. The zero-order valence-corrected chi connectivity index (χ0v) is 14.1. The van der Waals surface area contributed by atoms with Crippen molar-refractivity contribution in [3.63, 3.8) is 0 Å². The second-order valence-corrected chi connectivity index (χ2v) is 6.14. The van der Waals surface area contributed by atoms with E-state index in [2.05, 4.69) is 10.6 Å². The van der Waals surface area contributed by atoms with Gasteiger partial charge in [0.15, 0.2) is 0 Å². The van der Waals surface area contributed by atoms with Crippen LogP contribution in [0.15, 0.2) is 0 Å². The van der Waals surface area contributed by atoms with E-state index in [0.29, 0.717) is 23.6 Å². The molecule has 1 heterocycles. The summed E-state index contributed by atoms with van der Waals surface area (Å²) in [6.07, 6.45) is 0.367. The van der Waals surface area contributed by atoms with Crippen molar-refractivity contribution in [1.82, 2.24) is 5.32 Å². The number of nitrogens with one attached hydrogen (secondary N) is 2. The number of aryl methyl sites for hydroxylation is 1. The number of carbonyl (C=O) groups excluding carboxylic acids is 2. The molecule has 0 aromatic carbocycles. The maximum atomic E-state index is 12.1. The van der Waals surface area contributed by atoms with Gasteiger partial charge in [-0.05, 0) is 39.8 Å². The second kappa shape index (κ2) is 8.14. The summed E-state index contributed by atoms with van der Waals surface area (Å²) in [5.41, 5.74) is 1.34. The van der Waals surface area contributed by atoms with Crippen LogP contribution in [0.4, 0.5) is 5.00 Å². The first-order chi connectivity index (χ1) is 9.90. The molecule has 0 bridgehead atoms. The fourth-order valence-corrected chi connectivity index (χ4v) is 3.11. The summed E-state index contributed by atoms with van der Waals surface area (Å²) < 4.78 is 5.07. The fourth-order valence-electron chi connectivity index (χ4n) is 2.04.